The van der Waals surface area contributed by atoms with E-state index in [0.29, 0.717) is 11.5 Å². The third-order valence-electron chi connectivity index (χ3n) is 4.38. The molecular weight excluding hydrogens is 198 g/mol. The second-order valence-corrected chi connectivity index (χ2v) is 5.97. The molecule has 2 aliphatic rings. The van der Waals surface area contributed by atoms with Gasteiger partial charge in [-0.1, -0.05) is 19.3 Å². The Labute approximate surface area is 100 Å². The maximum atomic E-state index is 5.47. The van der Waals surface area contributed by atoms with Gasteiger partial charge in [0.25, 0.3) is 0 Å². The first-order valence-corrected chi connectivity index (χ1v) is 7.00. The van der Waals surface area contributed by atoms with Gasteiger partial charge in [-0.05, 0) is 44.4 Å². The highest BCUT2D eigenvalue weighted by atomic mass is 16.5. The van der Waals surface area contributed by atoms with Gasteiger partial charge in [-0.3, -0.25) is 0 Å². The van der Waals surface area contributed by atoms with E-state index in [0.717, 1.165) is 6.04 Å². The third-order valence-corrected chi connectivity index (χ3v) is 4.38. The molecule has 2 fully saturated rings. The molecule has 1 atom stereocenters. The third kappa shape index (κ3) is 3.46. The number of hydrogen-bond acceptors (Lipinski definition) is 2. The lowest BCUT2D eigenvalue weighted by Crippen LogP contribution is -2.39. The van der Waals surface area contributed by atoms with Crippen LogP contribution in [0.25, 0.3) is 0 Å². The van der Waals surface area contributed by atoms with Crippen LogP contribution in [-0.2, 0) is 4.74 Å². The second-order valence-electron chi connectivity index (χ2n) is 5.97. The van der Waals surface area contributed by atoms with Gasteiger partial charge in [-0.25, -0.2) is 0 Å². The largest absolute Gasteiger partial charge is 0.382 e. The highest BCUT2D eigenvalue weighted by Crippen LogP contribution is 2.40. The fourth-order valence-corrected chi connectivity index (χ4v) is 3.10. The molecule has 0 aromatic carbocycles. The Bertz CT molecular complexity index is 207. The highest BCUT2D eigenvalue weighted by Gasteiger charge is 2.35. The fourth-order valence-electron chi connectivity index (χ4n) is 3.10. The normalized spacial score (nSPS) is 26.6. The van der Waals surface area contributed by atoms with Crippen molar-refractivity contribution in [3.63, 3.8) is 0 Å². The highest BCUT2D eigenvalue weighted by molar-refractivity contribution is 4.90. The molecule has 0 aromatic rings. The van der Waals surface area contributed by atoms with Gasteiger partial charge in [0.2, 0.25) is 0 Å². The Balaban J connectivity index is 1.86. The summed E-state index contributed by atoms with van der Waals surface area (Å²) in [6, 6.07) is 0.844. The molecule has 2 saturated carbocycles. The van der Waals surface area contributed by atoms with E-state index in [2.05, 4.69) is 12.2 Å². The molecule has 0 aliphatic heterocycles. The number of methoxy groups -OCH3 is 1. The first-order chi connectivity index (χ1) is 7.74. The molecule has 0 saturated heterocycles. The Kier molecular flexibility index (Phi) is 4.26. The van der Waals surface area contributed by atoms with Crippen LogP contribution < -0.4 is 5.32 Å². The monoisotopic (exact) mass is 225 g/mol. The zero-order valence-electron chi connectivity index (χ0n) is 10.9. The quantitative estimate of drug-likeness (QED) is 0.750. The minimum absolute atomic E-state index is 0.416. The van der Waals surface area contributed by atoms with Gasteiger partial charge >= 0.3 is 0 Å². The van der Waals surface area contributed by atoms with E-state index in [9.17, 15) is 0 Å². The second kappa shape index (κ2) is 5.50. The van der Waals surface area contributed by atoms with Gasteiger partial charge in [0.15, 0.2) is 0 Å². The van der Waals surface area contributed by atoms with Gasteiger partial charge < -0.3 is 10.1 Å². The lowest BCUT2D eigenvalue weighted by molar-refractivity contribution is 0.0448. The molecule has 0 aromatic heterocycles. The standard InChI is InChI=1S/C14H27NO/c1-12(16-2)10-14(8-4-3-5-9-14)11-15-13-6-7-13/h12-13,15H,3-11H2,1-2H3. The molecule has 0 amide bonds. The summed E-state index contributed by atoms with van der Waals surface area (Å²) in [5.41, 5.74) is 0.538. The van der Waals surface area contributed by atoms with Crippen molar-refractivity contribution in [1.29, 1.82) is 0 Å². The molecule has 2 rings (SSSR count). The summed E-state index contributed by atoms with van der Waals surface area (Å²) in [5.74, 6) is 0. The number of hydrogen-bond donors (Lipinski definition) is 1. The zero-order valence-corrected chi connectivity index (χ0v) is 10.9. The van der Waals surface area contributed by atoms with Crippen LogP contribution in [0.5, 0.6) is 0 Å². The van der Waals surface area contributed by atoms with Crippen LogP contribution in [0, 0.1) is 5.41 Å². The van der Waals surface area contributed by atoms with Crippen LogP contribution in [0.4, 0.5) is 0 Å². The number of rotatable bonds is 6. The maximum Gasteiger partial charge on any atom is 0.0549 e. The Morgan fingerprint density at radius 2 is 1.94 bits per heavy atom. The predicted octanol–water partition coefficient (Wildman–Crippen LogP) is 3.11. The minimum Gasteiger partial charge on any atom is -0.382 e. The molecule has 94 valence electrons. The molecular formula is C14H27NO. The van der Waals surface area contributed by atoms with Crippen LogP contribution in [0.3, 0.4) is 0 Å². The molecule has 1 N–H and O–H groups in total. The van der Waals surface area contributed by atoms with Crippen molar-refractivity contribution in [3.05, 3.63) is 0 Å². The summed E-state index contributed by atoms with van der Waals surface area (Å²) in [6.07, 6.45) is 11.5. The van der Waals surface area contributed by atoms with Crippen LogP contribution in [-0.4, -0.2) is 25.8 Å². The van der Waals surface area contributed by atoms with Crippen LogP contribution in [0.1, 0.15) is 58.3 Å². The molecule has 0 heterocycles. The van der Waals surface area contributed by atoms with E-state index in [-0.39, 0.29) is 0 Å². The maximum absolute atomic E-state index is 5.47. The van der Waals surface area contributed by atoms with E-state index >= 15 is 0 Å². The van der Waals surface area contributed by atoms with E-state index in [4.69, 9.17) is 4.74 Å². The van der Waals surface area contributed by atoms with Crippen LogP contribution >= 0.6 is 0 Å². The summed E-state index contributed by atoms with van der Waals surface area (Å²) in [4.78, 5) is 0. The minimum atomic E-state index is 0.416. The van der Waals surface area contributed by atoms with Crippen LogP contribution in [0.15, 0.2) is 0 Å². The molecule has 1 unspecified atom stereocenters. The van der Waals surface area contributed by atoms with Crippen molar-refractivity contribution in [2.45, 2.75) is 70.4 Å². The van der Waals surface area contributed by atoms with Crippen molar-refractivity contribution < 1.29 is 4.74 Å². The van der Waals surface area contributed by atoms with E-state index in [1.165, 1.54) is 57.9 Å². The fraction of sp³-hybridized carbons (Fsp3) is 1.00. The average Bonchev–Trinajstić information content (AvgIpc) is 3.11. The van der Waals surface area contributed by atoms with E-state index in [1.807, 2.05) is 7.11 Å². The van der Waals surface area contributed by atoms with Gasteiger partial charge in [0.1, 0.15) is 0 Å². The zero-order chi connectivity index (χ0) is 11.4. The molecule has 0 spiro atoms. The molecule has 0 radical (unpaired) electrons. The van der Waals surface area contributed by atoms with Gasteiger partial charge in [0.05, 0.1) is 6.10 Å². The first-order valence-electron chi connectivity index (χ1n) is 7.00. The van der Waals surface area contributed by atoms with Crippen molar-refractivity contribution >= 4 is 0 Å². The summed E-state index contributed by atoms with van der Waals surface area (Å²) >= 11 is 0. The molecule has 16 heavy (non-hydrogen) atoms. The van der Waals surface area contributed by atoms with Gasteiger partial charge in [-0.2, -0.15) is 0 Å². The Morgan fingerprint density at radius 1 is 1.25 bits per heavy atom. The predicted molar refractivity (Wildman–Crippen MR) is 67.6 cm³/mol. The SMILES string of the molecule is COC(C)CC1(CNC2CC2)CCCCC1. The topological polar surface area (TPSA) is 21.3 Å². The van der Waals surface area contributed by atoms with Crippen LogP contribution in [0.2, 0.25) is 0 Å². The Morgan fingerprint density at radius 3 is 2.50 bits per heavy atom. The Hall–Kier alpha value is -0.0800. The van der Waals surface area contributed by atoms with E-state index in [1.54, 1.807) is 0 Å². The van der Waals surface area contributed by atoms with Crippen molar-refractivity contribution in [2.24, 2.45) is 5.41 Å². The first kappa shape index (κ1) is 12.4. The summed E-state index contributed by atoms with van der Waals surface area (Å²) in [7, 11) is 1.84. The van der Waals surface area contributed by atoms with Crippen molar-refractivity contribution in [1.82, 2.24) is 5.32 Å². The molecule has 2 aliphatic carbocycles. The number of nitrogens with one attached hydrogen (secondary N) is 1. The smallest absolute Gasteiger partial charge is 0.0549 e. The summed E-state index contributed by atoms with van der Waals surface area (Å²) < 4.78 is 5.47. The number of ether oxygens (including phenoxy) is 1. The summed E-state index contributed by atoms with van der Waals surface area (Å²) in [6.45, 7) is 3.44. The van der Waals surface area contributed by atoms with Crippen molar-refractivity contribution in [2.75, 3.05) is 13.7 Å². The average molecular weight is 225 g/mol. The molecule has 0 bridgehead atoms. The lowest BCUT2D eigenvalue weighted by Gasteiger charge is -2.39. The molecule has 2 nitrogen and oxygen atoms in total. The van der Waals surface area contributed by atoms with Gasteiger partial charge in [0, 0.05) is 19.7 Å². The van der Waals surface area contributed by atoms with Gasteiger partial charge in [-0.15, -0.1) is 0 Å². The molecule has 2 heteroatoms. The van der Waals surface area contributed by atoms with Crippen molar-refractivity contribution in [3.8, 4) is 0 Å². The van der Waals surface area contributed by atoms with E-state index < -0.39 is 0 Å². The lowest BCUT2D eigenvalue weighted by atomic mass is 9.70. The summed E-state index contributed by atoms with van der Waals surface area (Å²) in [5, 5.41) is 3.74.